The Morgan fingerprint density at radius 3 is 2.31 bits per heavy atom. The second-order valence-corrected chi connectivity index (χ2v) is 3.98. The first kappa shape index (κ1) is 11.3. The van der Waals surface area contributed by atoms with Crippen molar-refractivity contribution in [3.05, 3.63) is 46.0 Å². The molecule has 0 N–H and O–H groups in total. The first-order valence-electron chi connectivity index (χ1n) is 4.53. The van der Waals surface area contributed by atoms with Crippen LogP contribution in [0, 0.1) is 12.7 Å². The van der Waals surface area contributed by atoms with Crippen molar-refractivity contribution in [3.8, 4) is 11.4 Å². The summed E-state index contributed by atoms with van der Waals surface area (Å²) in [6.07, 6.45) is 0. The van der Waals surface area contributed by atoms with Gasteiger partial charge in [0, 0.05) is 11.1 Å². The van der Waals surface area contributed by atoms with Crippen molar-refractivity contribution >= 4 is 23.2 Å². The summed E-state index contributed by atoms with van der Waals surface area (Å²) in [6.45, 7) is 1.72. The molecule has 2 nitrogen and oxygen atoms in total. The standard InChI is InChI=1S/C11H7Cl2FN2/c1-6-9(12)15-11(16-10(6)13)7-3-2-4-8(14)5-7/h2-5H,1H3. The zero-order valence-electron chi connectivity index (χ0n) is 8.34. The van der Waals surface area contributed by atoms with Crippen molar-refractivity contribution in [2.75, 3.05) is 0 Å². The molecule has 82 valence electrons. The summed E-state index contributed by atoms with van der Waals surface area (Å²) in [7, 11) is 0. The minimum atomic E-state index is -0.353. The van der Waals surface area contributed by atoms with E-state index >= 15 is 0 Å². The quantitative estimate of drug-likeness (QED) is 0.724. The number of rotatable bonds is 1. The lowest BCUT2D eigenvalue weighted by atomic mass is 10.2. The Kier molecular flexibility index (Phi) is 3.08. The normalized spacial score (nSPS) is 10.5. The molecule has 0 spiro atoms. The molecule has 1 aromatic heterocycles. The number of nitrogens with zero attached hydrogens (tertiary/aromatic N) is 2. The Labute approximate surface area is 102 Å². The van der Waals surface area contributed by atoms with Crippen LogP contribution in [0.1, 0.15) is 5.56 Å². The number of halogens is 3. The van der Waals surface area contributed by atoms with Gasteiger partial charge < -0.3 is 0 Å². The monoisotopic (exact) mass is 256 g/mol. The minimum Gasteiger partial charge on any atom is -0.216 e. The van der Waals surface area contributed by atoms with Crippen molar-refractivity contribution in [2.24, 2.45) is 0 Å². The molecule has 5 heteroatoms. The lowest BCUT2D eigenvalue weighted by molar-refractivity contribution is 0.628. The molecule has 0 fully saturated rings. The van der Waals surface area contributed by atoms with Gasteiger partial charge in [0.2, 0.25) is 0 Å². The van der Waals surface area contributed by atoms with E-state index in [1.165, 1.54) is 12.1 Å². The van der Waals surface area contributed by atoms with E-state index in [2.05, 4.69) is 9.97 Å². The van der Waals surface area contributed by atoms with Gasteiger partial charge in [0.25, 0.3) is 0 Å². The van der Waals surface area contributed by atoms with Crippen molar-refractivity contribution in [1.29, 1.82) is 0 Å². The number of benzene rings is 1. The fourth-order valence-corrected chi connectivity index (χ4v) is 1.61. The van der Waals surface area contributed by atoms with E-state index in [1.54, 1.807) is 19.1 Å². The van der Waals surface area contributed by atoms with Crippen LogP contribution in [0.2, 0.25) is 10.3 Å². The molecular formula is C11H7Cl2FN2. The van der Waals surface area contributed by atoms with Gasteiger partial charge in [-0.3, -0.25) is 0 Å². The Bertz CT molecular complexity index is 520. The molecule has 0 aliphatic carbocycles. The summed E-state index contributed by atoms with van der Waals surface area (Å²) >= 11 is 11.8. The highest BCUT2D eigenvalue weighted by Crippen LogP contribution is 2.24. The second-order valence-electron chi connectivity index (χ2n) is 3.26. The van der Waals surface area contributed by atoms with Crippen LogP contribution < -0.4 is 0 Å². The van der Waals surface area contributed by atoms with E-state index in [1.807, 2.05) is 0 Å². The summed E-state index contributed by atoms with van der Waals surface area (Å²) < 4.78 is 13.0. The molecule has 0 radical (unpaired) electrons. The number of aromatic nitrogens is 2. The Morgan fingerprint density at radius 1 is 1.12 bits per heavy atom. The molecule has 0 aliphatic rings. The van der Waals surface area contributed by atoms with Crippen LogP contribution in [0.4, 0.5) is 4.39 Å². The fourth-order valence-electron chi connectivity index (χ4n) is 1.22. The third kappa shape index (κ3) is 2.15. The van der Waals surface area contributed by atoms with Crippen LogP contribution in [0.15, 0.2) is 24.3 Å². The summed E-state index contributed by atoms with van der Waals surface area (Å²) in [5.41, 5.74) is 1.16. The number of hydrogen-bond acceptors (Lipinski definition) is 2. The van der Waals surface area contributed by atoms with Gasteiger partial charge in [-0.05, 0) is 19.1 Å². The average Bonchev–Trinajstić information content (AvgIpc) is 2.25. The third-order valence-electron chi connectivity index (χ3n) is 2.11. The van der Waals surface area contributed by atoms with E-state index < -0.39 is 0 Å². The molecule has 0 atom stereocenters. The van der Waals surface area contributed by atoms with Gasteiger partial charge in [-0.1, -0.05) is 35.3 Å². The zero-order chi connectivity index (χ0) is 11.7. The van der Waals surface area contributed by atoms with Crippen LogP contribution in [0.25, 0.3) is 11.4 Å². The van der Waals surface area contributed by atoms with E-state index in [0.717, 1.165) is 0 Å². The molecule has 2 rings (SSSR count). The topological polar surface area (TPSA) is 25.8 Å². The Hall–Kier alpha value is -1.19. The molecule has 1 aromatic carbocycles. The van der Waals surface area contributed by atoms with Crippen molar-refractivity contribution in [3.63, 3.8) is 0 Å². The molecule has 0 saturated carbocycles. The van der Waals surface area contributed by atoms with Gasteiger partial charge in [0.05, 0.1) is 0 Å². The molecule has 0 unspecified atom stereocenters. The Balaban J connectivity index is 2.57. The van der Waals surface area contributed by atoms with Crippen LogP contribution >= 0.6 is 23.2 Å². The number of hydrogen-bond donors (Lipinski definition) is 0. The SMILES string of the molecule is Cc1c(Cl)nc(-c2cccc(F)c2)nc1Cl. The van der Waals surface area contributed by atoms with Gasteiger partial charge in [-0.15, -0.1) is 0 Å². The Morgan fingerprint density at radius 2 is 1.75 bits per heavy atom. The molecule has 0 saturated heterocycles. The highest BCUT2D eigenvalue weighted by molar-refractivity contribution is 6.34. The van der Waals surface area contributed by atoms with Gasteiger partial charge >= 0.3 is 0 Å². The fraction of sp³-hybridized carbons (Fsp3) is 0.0909. The van der Waals surface area contributed by atoms with Crippen LogP contribution in [-0.4, -0.2) is 9.97 Å². The van der Waals surface area contributed by atoms with E-state index in [4.69, 9.17) is 23.2 Å². The maximum absolute atomic E-state index is 13.0. The highest BCUT2D eigenvalue weighted by Gasteiger charge is 2.09. The highest BCUT2D eigenvalue weighted by atomic mass is 35.5. The molecule has 2 aromatic rings. The molecule has 16 heavy (non-hydrogen) atoms. The maximum atomic E-state index is 13.0. The lowest BCUT2D eigenvalue weighted by Gasteiger charge is -2.04. The summed E-state index contributed by atoms with van der Waals surface area (Å²) in [6, 6.07) is 5.95. The van der Waals surface area contributed by atoms with Crippen molar-refractivity contribution in [2.45, 2.75) is 6.92 Å². The first-order chi connectivity index (χ1) is 7.58. The lowest BCUT2D eigenvalue weighted by Crippen LogP contribution is -1.94. The molecular weight excluding hydrogens is 250 g/mol. The van der Waals surface area contributed by atoms with Gasteiger partial charge in [0.15, 0.2) is 5.82 Å². The van der Waals surface area contributed by atoms with Crippen LogP contribution in [0.3, 0.4) is 0 Å². The summed E-state index contributed by atoms with van der Waals surface area (Å²) in [5, 5.41) is 0.554. The van der Waals surface area contributed by atoms with E-state index in [-0.39, 0.29) is 16.1 Å². The van der Waals surface area contributed by atoms with E-state index in [9.17, 15) is 4.39 Å². The van der Waals surface area contributed by atoms with Gasteiger partial charge in [-0.2, -0.15) is 0 Å². The van der Waals surface area contributed by atoms with Crippen molar-refractivity contribution < 1.29 is 4.39 Å². The van der Waals surface area contributed by atoms with Gasteiger partial charge in [-0.25, -0.2) is 14.4 Å². The largest absolute Gasteiger partial charge is 0.216 e. The third-order valence-corrected chi connectivity index (χ3v) is 2.85. The van der Waals surface area contributed by atoms with Crippen LogP contribution in [-0.2, 0) is 0 Å². The predicted octanol–water partition coefficient (Wildman–Crippen LogP) is 3.90. The molecule has 0 aliphatic heterocycles. The zero-order valence-corrected chi connectivity index (χ0v) is 9.85. The van der Waals surface area contributed by atoms with Gasteiger partial charge in [0.1, 0.15) is 16.1 Å². The minimum absolute atomic E-state index is 0.277. The smallest absolute Gasteiger partial charge is 0.162 e. The summed E-state index contributed by atoms with van der Waals surface area (Å²) in [5.74, 6) is -0.0333. The van der Waals surface area contributed by atoms with E-state index in [0.29, 0.717) is 17.0 Å². The predicted molar refractivity (Wildman–Crippen MR) is 62.2 cm³/mol. The molecule has 0 bridgehead atoms. The average molecular weight is 257 g/mol. The summed E-state index contributed by atoms with van der Waals surface area (Å²) in [4.78, 5) is 8.10. The van der Waals surface area contributed by atoms with Crippen molar-refractivity contribution in [1.82, 2.24) is 9.97 Å². The first-order valence-corrected chi connectivity index (χ1v) is 5.29. The van der Waals surface area contributed by atoms with Crippen LogP contribution in [0.5, 0.6) is 0 Å². The maximum Gasteiger partial charge on any atom is 0.162 e. The molecule has 0 amide bonds. The second kappa shape index (κ2) is 4.36. The molecule has 1 heterocycles.